The van der Waals surface area contributed by atoms with Crippen LogP contribution < -0.4 is 10.6 Å². The molecule has 2 N–H and O–H groups in total. The van der Waals surface area contributed by atoms with Crippen molar-refractivity contribution in [1.82, 2.24) is 15.1 Å². The van der Waals surface area contributed by atoms with Crippen molar-refractivity contribution < 1.29 is 9.53 Å². The van der Waals surface area contributed by atoms with E-state index in [0.29, 0.717) is 12.5 Å². The van der Waals surface area contributed by atoms with Gasteiger partial charge in [0.2, 0.25) is 5.91 Å². The molecule has 0 bridgehead atoms. The number of nitrogens with one attached hydrogen (secondary N) is 2. The van der Waals surface area contributed by atoms with Gasteiger partial charge in [0, 0.05) is 20.4 Å². The number of likely N-dealkylation sites (N-methyl/N-ethyl adjacent to an activating group) is 1. The Labute approximate surface area is 108 Å². The number of amides is 1. The summed E-state index contributed by atoms with van der Waals surface area (Å²) in [4.78, 5) is 11.2. The Hall–Kier alpha value is -1.56. The van der Waals surface area contributed by atoms with Gasteiger partial charge in [0.05, 0.1) is 24.5 Å². The van der Waals surface area contributed by atoms with Crippen LogP contribution in [0.15, 0.2) is 12.4 Å². The summed E-state index contributed by atoms with van der Waals surface area (Å²) in [6.45, 7) is 5.13. The summed E-state index contributed by atoms with van der Waals surface area (Å²) in [5, 5.41) is 10.0. The van der Waals surface area contributed by atoms with Crippen LogP contribution in [0.1, 0.15) is 13.8 Å². The second-order valence-corrected chi connectivity index (χ2v) is 4.55. The minimum absolute atomic E-state index is 0.0676. The molecule has 0 aromatic carbocycles. The average molecular weight is 254 g/mol. The summed E-state index contributed by atoms with van der Waals surface area (Å²) >= 11 is 0. The Bertz CT molecular complexity index is 376. The van der Waals surface area contributed by atoms with Gasteiger partial charge in [0.25, 0.3) is 0 Å². The highest BCUT2D eigenvalue weighted by Crippen LogP contribution is 2.12. The maximum Gasteiger partial charge on any atom is 0.241 e. The first kappa shape index (κ1) is 14.5. The van der Waals surface area contributed by atoms with Gasteiger partial charge in [-0.15, -0.1) is 0 Å². The van der Waals surface area contributed by atoms with E-state index >= 15 is 0 Å². The molecule has 0 radical (unpaired) electrons. The van der Waals surface area contributed by atoms with E-state index in [1.54, 1.807) is 25.0 Å². The number of nitrogens with zero attached hydrogens (tertiary/aromatic N) is 2. The van der Waals surface area contributed by atoms with Crippen LogP contribution >= 0.6 is 0 Å². The molecule has 0 saturated heterocycles. The summed E-state index contributed by atoms with van der Waals surface area (Å²) in [5.41, 5.74) is 0.898. The predicted molar refractivity (Wildman–Crippen MR) is 70.4 cm³/mol. The second-order valence-electron chi connectivity index (χ2n) is 4.55. The van der Waals surface area contributed by atoms with Gasteiger partial charge >= 0.3 is 0 Å². The normalized spacial score (nSPS) is 12.5. The van der Waals surface area contributed by atoms with Crippen LogP contribution in [0.2, 0.25) is 0 Å². The van der Waals surface area contributed by atoms with Gasteiger partial charge in [-0.25, -0.2) is 0 Å². The molecule has 0 aliphatic rings. The van der Waals surface area contributed by atoms with Crippen LogP contribution in [-0.4, -0.2) is 42.5 Å². The molecule has 6 heteroatoms. The van der Waals surface area contributed by atoms with E-state index in [0.717, 1.165) is 5.69 Å². The summed E-state index contributed by atoms with van der Waals surface area (Å²) < 4.78 is 6.77. The quantitative estimate of drug-likeness (QED) is 0.752. The molecule has 18 heavy (non-hydrogen) atoms. The molecule has 1 heterocycles. The Morgan fingerprint density at radius 1 is 1.56 bits per heavy atom. The topological polar surface area (TPSA) is 68.2 Å². The van der Waals surface area contributed by atoms with Gasteiger partial charge in [0.15, 0.2) is 0 Å². The van der Waals surface area contributed by atoms with E-state index in [1.165, 1.54) is 0 Å². The lowest BCUT2D eigenvalue weighted by Gasteiger charge is -2.21. The lowest BCUT2D eigenvalue weighted by atomic mass is 10.1. The standard InChI is InChI=1S/C12H22N4O2/c1-9(2)11(8-18-4)15-10-5-14-16(6-10)7-12(17)13-3/h5-6,9,11,15H,7-8H2,1-4H3,(H,13,17). The fraction of sp³-hybridized carbons (Fsp3) is 0.667. The van der Waals surface area contributed by atoms with Crippen molar-refractivity contribution in [3.8, 4) is 0 Å². The van der Waals surface area contributed by atoms with E-state index in [-0.39, 0.29) is 18.5 Å². The van der Waals surface area contributed by atoms with Gasteiger partial charge < -0.3 is 15.4 Å². The molecular weight excluding hydrogens is 232 g/mol. The van der Waals surface area contributed by atoms with Crippen molar-refractivity contribution >= 4 is 11.6 Å². The van der Waals surface area contributed by atoms with Crippen LogP contribution in [0.3, 0.4) is 0 Å². The molecular formula is C12H22N4O2. The fourth-order valence-electron chi connectivity index (χ4n) is 1.55. The number of hydrogen-bond donors (Lipinski definition) is 2. The molecule has 0 aliphatic heterocycles. The molecule has 1 atom stereocenters. The molecule has 0 saturated carbocycles. The van der Waals surface area contributed by atoms with Crippen LogP contribution in [0.25, 0.3) is 0 Å². The summed E-state index contributed by atoms with van der Waals surface area (Å²) in [7, 11) is 3.30. The fourth-order valence-corrected chi connectivity index (χ4v) is 1.55. The van der Waals surface area contributed by atoms with Gasteiger partial charge in [-0.1, -0.05) is 13.8 Å². The predicted octanol–water partition coefficient (Wildman–Crippen LogP) is 0.712. The number of carbonyl (C=O) groups is 1. The minimum atomic E-state index is -0.0676. The zero-order chi connectivity index (χ0) is 13.5. The molecule has 1 aromatic rings. The molecule has 1 unspecified atom stereocenters. The highest BCUT2D eigenvalue weighted by molar-refractivity contribution is 5.75. The second kappa shape index (κ2) is 7.00. The van der Waals surface area contributed by atoms with Crippen molar-refractivity contribution in [3.05, 3.63) is 12.4 Å². The maximum absolute atomic E-state index is 11.2. The Balaban J connectivity index is 2.59. The van der Waals surface area contributed by atoms with Gasteiger partial charge in [-0.2, -0.15) is 5.10 Å². The molecule has 102 valence electrons. The average Bonchev–Trinajstić information content (AvgIpc) is 2.75. The SMILES string of the molecule is CNC(=O)Cn1cc(NC(COC)C(C)C)cn1. The molecule has 0 aliphatic carbocycles. The van der Waals surface area contributed by atoms with Gasteiger partial charge in [-0.05, 0) is 5.92 Å². The third kappa shape index (κ3) is 4.37. The van der Waals surface area contributed by atoms with E-state index in [1.807, 2.05) is 6.20 Å². The van der Waals surface area contributed by atoms with E-state index in [9.17, 15) is 4.79 Å². The number of rotatable bonds is 7. The zero-order valence-corrected chi connectivity index (χ0v) is 11.4. The highest BCUT2D eigenvalue weighted by Gasteiger charge is 2.13. The zero-order valence-electron chi connectivity index (χ0n) is 11.4. The first-order chi connectivity index (χ1) is 8.56. The maximum atomic E-state index is 11.2. The first-order valence-corrected chi connectivity index (χ1v) is 6.05. The third-order valence-electron chi connectivity index (χ3n) is 2.72. The monoisotopic (exact) mass is 254 g/mol. The molecule has 0 spiro atoms. The van der Waals surface area contributed by atoms with Crippen molar-refractivity contribution in [2.45, 2.75) is 26.4 Å². The molecule has 6 nitrogen and oxygen atoms in total. The Morgan fingerprint density at radius 2 is 2.28 bits per heavy atom. The van der Waals surface area contributed by atoms with E-state index in [4.69, 9.17) is 4.74 Å². The number of ether oxygens (including phenoxy) is 1. The number of carbonyl (C=O) groups excluding carboxylic acids is 1. The largest absolute Gasteiger partial charge is 0.383 e. The number of hydrogen-bond acceptors (Lipinski definition) is 4. The molecule has 0 fully saturated rings. The smallest absolute Gasteiger partial charge is 0.241 e. The minimum Gasteiger partial charge on any atom is -0.383 e. The number of methoxy groups -OCH3 is 1. The molecule has 1 aromatic heterocycles. The number of anilines is 1. The van der Waals surface area contributed by atoms with Gasteiger partial charge in [-0.3, -0.25) is 9.48 Å². The van der Waals surface area contributed by atoms with E-state index in [2.05, 4.69) is 29.6 Å². The summed E-state index contributed by atoms with van der Waals surface area (Å²) in [6.07, 6.45) is 3.54. The van der Waals surface area contributed by atoms with Crippen molar-refractivity contribution in [1.29, 1.82) is 0 Å². The van der Waals surface area contributed by atoms with E-state index < -0.39 is 0 Å². The first-order valence-electron chi connectivity index (χ1n) is 6.05. The molecule has 1 amide bonds. The third-order valence-corrected chi connectivity index (χ3v) is 2.72. The van der Waals surface area contributed by atoms with Crippen molar-refractivity contribution in [2.24, 2.45) is 5.92 Å². The van der Waals surface area contributed by atoms with Crippen LogP contribution in [-0.2, 0) is 16.1 Å². The molecule has 1 rings (SSSR count). The summed E-state index contributed by atoms with van der Waals surface area (Å²) in [6, 6.07) is 0.229. The summed E-state index contributed by atoms with van der Waals surface area (Å²) in [5.74, 6) is 0.384. The number of aromatic nitrogens is 2. The highest BCUT2D eigenvalue weighted by atomic mass is 16.5. The van der Waals surface area contributed by atoms with Crippen LogP contribution in [0, 0.1) is 5.92 Å². The van der Waals surface area contributed by atoms with Crippen LogP contribution in [0.4, 0.5) is 5.69 Å². The van der Waals surface area contributed by atoms with Crippen molar-refractivity contribution in [2.75, 3.05) is 26.1 Å². The van der Waals surface area contributed by atoms with Crippen molar-refractivity contribution in [3.63, 3.8) is 0 Å². The Kier molecular flexibility index (Phi) is 5.64. The van der Waals surface area contributed by atoms with Crippen LogP contribution in [0.5, 0.6) is 0 Å². The van der Waals surface area contributed by atoms with Gasteiger partial charge in [0.1, 0.15) is 6.54 Å². The Morgan fingerprint density at radius 3 is 2.83 bits per heavy atom. The lowest BCUT2D eigenvalue weighted by molar-refractivity contribution is -0.121. The lowest BCUT2D eigenvalue weighted by Crippen LogP contribution is -2.30.